The first-order chi connectivity index (χ1) is 10.1. The molecule has 2 rings (SSSR count). The van der Waals surface area contributed by atoms with Crippen LogP contribution in [0.25, 0.3) is 0 Å². The topological polar surface area (TPSA) is 62.2 Å². The minimum atomic E-state index is -0.384. The van der Waals surface area contributed by atoms with Crippen LogP contribution in [0.4, 0.5) is 0 Å². The number of pyridine rings is 1. The quantitative estimate of drug-likeness (QED) is 0.831. The summed E-state index contributed by atoms with van der Waals surface area (Å²) in [6, 6.07) is 12.1. The molecule has 0 saturated heterocycles. The van der Waals surface area contributed by atoms with Gasteiger partial charge in [-0.25, -0.2) is 4.98 Å². The third-order valence-corrected chi connectivity index (χ3v) is 3.29. The second kappa shape index (κ2) is 7.41. The van der Waals surface area contributed by atoms with Crippen molar-refractivity contribution in [1.82, 2.24) is 10.3 Å². The van der Waals surface area contributed by atoms with Crippen LogP contribution < -0.4 is 5.32 Å². The van der Waals surface area contributed by atoms with Gasteiger partial charge in [-0.2, -0.15) is 0 Å². The van der Waals surface area contributed by atoms with Crippen LogP contribution in [0.2, 0.25) is 10.3 Å². The Balaban J connectivity index is 2.05. The Labute approximate surface area is 132 Å². The molecular formula is C15H14Cl2N2O2. The van der Waals surface area contributed by atoms with Crippen molar-refractivity contribution >= 4 is 29.1 Å². The molecule has 0 radical (unpaired) electrons. The van der Waals surface area contributed by atoms with E-state index < -0.39 is 0 Å². The molecule has 4 nitrogen and oxygen atoms in total. The molecule has 0 saturated carbocycles. The molecule has 1 atom stereocenters. The lowest BCUT2D eigenvalue weighted by atomic mass is 10.1. The molecule has 110 valence electrons. The van der Waals surface area contributed by atoms with E-state index in [1.807, 2.05) is 30.3 Å². The molecule has 1 aromatic carbocycles. The van der Waals surface area contributed by atoms with Gasteiger partial charge in [0.2, 0.25) is 0 Å². The van der Waals surface area contributed by atoms with Crippen molar-refractivity contribution in [3.63, 3.8) is 0 Å². The summed E-state index contributed by atoms with van der Waals surface area (Å²) in [5, 5.41) is 12.5. The smallest absolute Gasteiger partial charge is 0.251 e. The lowest BCUT2D eigenvalue weighted by Gasteiger charge is -2.16. The number of halogens is 2. The fraction of sp³-hybridized carbons (Fsp3) is 0.200. The molecule has 1 amide bonds. The zero-order chi connectivity index (χ0) is 15.2. The van der Waals surface area contributed by atoms with Crippen LogP contribution in [0.1, 0.15) is 15.9 Å². The molecule has 0 spiro atoms. The van der Waals surface area contributed by atoms with Gasteiger partial charge in [0.05, 0.1) is 12.6 Å². The highest BCUT2D eigenvalue weighted by Gasteiger charge is 2.15. The molecule has 1 heterocycles. The third kappa shape index (κ3) is 4.70. The fourth-order valence-electron chi connectivity index (χ4n) is 1.92. The predicted octanol–water partition coefficient (Wildman–Crippen LogP) is 2.72. The Morgan fingerprint density at radius 2 is 1.81 bits per heavy atom. The summed E-state index contributed by atoms with van der Waals surface area (Å²) in [6.07, 6.45) is 0.537. The van der Waals surface area contributed by atoms with Crippen molar-refractivity contribution in [2.24, 2.45) is 0 Å². The maximum absolute atomic E-state index is 12.1. The summed E-state index contributed by atoms with van der Waals surface area (Å²) in [4.78, 5) is 15.9. The summed E-state index contributed by atoms with van der Waals surface area (Å²) in [6.45, 7) is -0.160. The van der Waals surface area contributed by atoms with E-state index in [2.05, 4.69) is 10.3 Å². The maximum Gasteiger partial charge on any atom is 0.251 e. The third-order valence-electron chi connectivity index (χ3n) is 2.91. The first-order valence-corrected chi connectivity index (χ1v) is 7.13. The summed E-state index contributed by atoms with van der Waals surface area (Å²) < 4.78 is 0. The number of carbonyl (C=O) groups excluding carboxylic acids is 1. The van der Waals surface area contributed by atoms with Gasteiger partial charge in [-0.05, 0) is 24.1 Å². The molecule has 0 aliphatic carbocycles. The molecule has 0 aliphatic heterocycles. The van der Waals surface area contributed by atoms with Crippen molar-refractivity contribution in [3.05, 3.63) is 63.9 Å². The van der Waals surface area contributed by atoms with Crippen molar-refractivity contribution in [2.45, 2.75) is 12.5 Å². The van der Waals surface area contributed by atoms with Gasteiger partial charge < -0.3 is 10.4 Å². The van der Waals surface area contributed by atoms with Crippen LogP contribution in [0.3, 0.4) is 0 Å². The second-order valence-electron chi connectivity index (χ2n) is 4.54. The summed E-state index contributed by atoms with van der Waals surface area (Å²) >= 11 is 11.5. The van der Waals surface area contributed by atoms with Crippen LogP contribution in [0.15, 0.2) is 42.5 Å². The number of aromatic nitrogens is 1. The molecule has 6 heteroatoms. The van der Waals surface area contributed by atoms with E-state index >= 15 is 0 Å². The Hall–Kier alpha value is -1.62. The number of carbonyl (C=O) groups is 1. The molecule has 2 aromatic rings. The van der Waals surface area contributed by atoms with Gasteiger partial charge in [0.25, 0.3) is 5.91 Å². The molecule has 21 heavy (non-hydrogen) atoms. The first-order valence-electron chi connectivity index (χ1n) is 6.37. The van der Waals surface area contributed by atoms with Gasteiger partial charge in [-0.1, -0.05) is 53.5 Å². The molecule has 0 fully saturated rings. The van der Waals surface area contributed by atoms with Crippen LogP contribution >= 0.6 is 23.2 Å². The highest BCUT2D eigenvalue weighted by Crippen LogP contribution is 2.15. The first kappa shape index (κ1) is 15.8. The zero-order valence-electron chi connectivity index (χ0n) is 11.1. The molecule has 1 aromatic heterocycles. The maximum atomic E-state index is 12.1. The Morgan fingerprint density at radius 3 is 2.38 bits per heavy atom. The second-order valence-corrected chi connectivity index (χ2v) is 5.32. The Bertz CT molecular complexity index is 600. The number of aliphatic hydroxyl groups is 1. The molecule has 0 unspecified atom stereocenters. The molecular weight excluding hydrogens is 311 g/mol. The van der Waals surface area contributed by atoms with Gasteiger partial charge in [0.15, 0.2) is 0 Å². The lowest BCUT2D eigenvalue weighted by molar-refractivity contribution is 0.0916. The normalized spacial score (nSPS) is 12.0. The van der Waals surface area contributed by atoms with E-state index in [0.717, 1.165) is 5.56 Å². The van der Waals surface area contributed by atoms with Crippen LogP contribution in [-0.4, -0.2) is 28.6 Å². The van der Waals surface area contributed by atoms with Crippen LogP contribution in [0.5, 0.6) is 0 Å². The van der Waals surface area contributed by atoms with E-state index in [1.54, 1.807) is 0 Å². The zero-order valence-corrected chi connectivity index (χ0v) is 12.6. The van der Waals surface area contributed by atoms with Crippen molar-refractivity contribution in [3.8, 4) is 0 Å². The van der Waals surface area contributed by atoms with Crippen molar-refractivity contribution in [2.75, 3.05) is 6.61 Å². The van der Waals surface area contributed by atoms with Crippen molar-refractivity contribution < 1.29 is 9.90 Å². The van der Waals surface area contributed by atoms with E-state index in [1.165, 1.54) is 12.1 Å². The number of hydrogen-bond donors (Lipinski definition) is 2. The number of nitrogens with zero attached hydrogens (tertiary/aromatic N) is 1. The minimum Gasteiger partial charge on any atom is -0.394 e. The van der Waals surface area contributed by atoms with Gasteiger partial charge in [0.1, 0.15) is 10.3 Å². The number of nitrogens with one attached hydrogen (secondary N) is 1. The average molecular weight is 325 g/mol. The highest BCUT2D eigenvalue weighted by molar-refractivity contribution is 6.33. The van der Waals surface area contributed by atoms with Crippen LogP contribution in [0, 0.1) is 0 Å². The van der Waals surface area contributed by atoms with E-state index in [-0.39, 0.29) is 28.9 Å². The van der Waals surface area contributed by atoms with E-state index in [9.17, 15) is 9.90 Å². The van der Waals surface area contributed by atoms with Gasteiger partial charge in [-0.3, -0.25) is 4.79 Å². The van der Waals surface area contributed by atoms with Crippen LogP contribution in [-0.2, 0) is 6.42 Å². The summed E-state index contributed by atoms with van der Waals surface area (Å²) in [7, 11) is 0. The SMILES string of the molecule is O=C(N[C@@H](CO)Cc1ccccc1)c1cc(Cl)nc(Cl)c1. The Morgan fingerprint density at radius 1 is 1.19 bits per heavy atom. The molecule has 0 aliphatic rings. The lowest BCUT2D eigenvalue weighted by Crippen LogP contribution is -2.39. The largest absolute Gasteiger partial charge is 0.394 e. The van der Waals surface area contributed by atoms with Gasteiger partial charge in [0, 0.05) is 5.56 Å². The number of hydrogen-bond acceptors (Lipinski definition) is 3. The van der Waals surface area contributed by atoms with Gasteiger partial charge in [-0.15, -0.1) is 0 Å². The average Bonchev–Trinajstić information content (AvgIpc) is 2.46. The standard InChI is InChI=1S/C15H14Cl2N2O2/c16-13-7-11(8-14(17)19-13)15(21)18-12(9-20)6-10-4-2-1-3-5-10/h1-5,7-8,12,20H,6,9H2,(H,18,21)/t12-/m1/s1. The van der Waals surface area contributed by atoms with E-state index in [0.29, 0.717) is 12.0 Å². The fourth-order valence-corrected chi connectivity index (χ4v) is 2.39. The number of aliphatic hydroxyl groups excluding tert-OH is 1. The summed E-state index contributed by atoms with van der Waals surface area (Å²) in [5.74, 6) is -0.351. The molecule has 2 N–H and O–H groups in total. The number of rotatable bonds is 5. The summed E-state index contributed by atoms with van der Waals surface area (Å²) in [5.41, 5.74) is 1.34. The molecule has 0 bridgehead atoms. The van der Waals surface area contributed by atoms with Crippen molar-refractivity contribution in [1.29, 1.82) is 0 Å². The van der Waals surface area contributed by atoms with Gasteiger partial charge >= 0.3 is 0 Å². The number of amides is 1. The van der Waals surface area contributed by atoms with E-state index in [4.69, 9.17) is 23.2 Å². The highest BCUT2D eigenvalue weighted by atomic mass is 35.5. The minimum absolute atomic E-state index is 0.149. The predicted molar refractivity (Wildman–Crippen MR) is 82.7 cm³/mol. The monoisotopic (exact) mass is 324 g/mol. The Kier molecular flexibility index (Phi) is 5.56. The number of benzene rings is 1.